The van der Waals surface area contributed by atoms with Crippen molar-refractivity contribution in [1.82, 2.24) is 15.5 Å². The molecule has 0 aliphatic carbocycles. The molecule has 0 unspecified atom stereocenters. The number of nitrogens with one attached hydrogen (secondary N) is 2. The molecule has 2 N–H and O–H groups in total. The number of fused-ring (bicyclic) bond motifs is 1. The van der Waals surface area contributed by atoms with Gasteiger partial charge in [0.05, 0.1) is 17.5 Å². The molecule has 1 aliphatic rings. The number of rotatable bonds is 8. The third kappa shape index (κ3) is 4.90. The van der Waals surface area contributed by atoms with Crippen LogP contribution < -0.4 is 10.6 Å². The first-order chi connectivity index (χ1) is 12.8. The Labute approximate surface area is 156 Å². The van der Waals surface area contributed by atoms with E-state index in [1.54, 1.807) is 31.2 Å². The highest BCUT2D eigenvalue weighted by atomic mass is 16.5. The lowest BCUT2D eigenvalue weighted by Crippen LogP contribution is -2.46. The Bertz CT molecular complexity index is 741. The van der Waals surface area contributed by atoms with E-state index in [0.29, 0.717) is 17.7 Å². The summed E-state index contributed by atoms with van der Waals surface area (Å²) in [6, 6.07) is 5.65. The number of carbonyl (C=O) groups is 5. The Balaban J connectivity index is 1.76. The molecule has 144 valence electrons. The van der Waals surface area contributed by atoms with Crippen molar-refractivity contribution >= 4 is 29.6 Å². The third-order valence-corrected chi connectivity index (χ3v) is 3.90. The highest BCUT2D eigenvalue weighted by molar-refractivity contribution is 6.21. The van der Waals surface area contributed by atoms with Crippen molar-refractivity contribution in [3.63, 3.8) is 0 Å². The summed E-state index contributed by atoms with van der Waals surface area (Å²) in [6.07, 6.45) is -0.232. The maximum absolute atomic E-state index is 12.2. The highest BCUT2D eigenvalue weighted by Gasteiger charge is 2.35. The molecule has 0 saturated heterocycles. The summed E-state index contributed by atoms with van der Waals surface area (Å²) in [5.74, 6) is -2.62. The van der Waals surface area contributed by atoms with Crippen LogP contribution in [0, 0.1) is 0 Å². The molecular formula is C18H21N3O6. The molecule has 0 saturated carbocycles. The van der Waals surface area contributed by atoms with E-state index in [1.165, 1.54) is 6.92 Å². The average molecular weight is 375 g/mol. The fraction of sp³-hybridized carbons (Fsp3) is 0.389. The minimum atomic E-state index is -0.755. The summed E-state index contributed by atoms with van der Waals surface area (Å²) in [5.41, 5.74) is 0.601. The Hall–Kier alpha value is -3.23. The highest BCUT2D eigenvalue weighted by Crippen LogP contribution is 2.22. The molecule has 9 heteroatoms. The van der Waals surface area contributed by atoms with Gasteiger partial charge in [-0.2, -0.15) is 0 Å². The van der Waals surface area contributed by atoms with E-state index >= 15 is 0 Å². The molecule has 0 fully saturated rings. The Morgan fingerprint density at radius 2 is 1.70 bits per heavy atom. The fourth-order valence-electron chi connectivity index (χ4n) is 2.54. The molecule has 1 aromatic carbocycles. The number of nitrogens with zero attached hydrogens (tertiary/aromatic N) is 1. The van der Waals surface area contributed by atoms with Gasteiger partial charge in [-0.25, -0.2) is 0 Å². The number of ether oxygens (including phenoxy) is 1. The second kappa shape index (κ2) is 8.93. The maximum Gasteiger partial charge on any atom is 0.308 e. The van der Waals surface area contributed by atoms with Gasteiger partial charge in [0, 0.05) is 13.1 Å². The number of amides is 4. The van der Waals surface area contributed by atoms with Crippen LogP contribution in [0.3, 0.4) is 0 Å². The van der Waals surface area contributed by atoms with Crippen LogP contribution in [0.5, 0.6) is 0 Å². The molecule has 0 radical (unpaired) electrons. The fourth-order valence-corrected chi connectivity index (χ4v) is 2.54. The zero-order valence-corrected chi connectivity index (χ0v) is 15.1. The first-order valence-corrected chi connectivity index (χ1v) is 8.53. The smallest absolute Gasteiger partial charge is 0.308 e. The zero-order valence-electron chi connectivity index (χ0n) is 15.1. The van der Waals surface area contributed by atoms with Gasteiger partial charge in [0.25, 0.3) is 17.7 Å². The van der Waals surface area contributed by atoms with Crippen molar-refractivity contribution in [3.8, 4) is 0 Å². The van der Waals surface area contributed by atoms with Gasteiger partial charge in [-0.15, -0.1) is 0 Å². The predicted molar refractivity (Wildman–Crippen MR) is 93.7 cm³/mol. The number of carbonyl (C=O) groups excluding carboxylic acids is 5. The summed E-state index contributed by atoms with van der Waals surface area (Å²) in [4.78, 5) is 60.3. The van der Waals surface area contributed by atoms with Crippen molar-refractivity contribution in [3.05, 3.63) is 35.4 Å². The number of hydrogen-bond donors (Lipinski definition) is 2. The number of likely N-dealkylation sites (N-methyl/N-ethyl adjacent to an activating group) is 1. The van der Waals surface area contributed by atoms with Gasteiger partial charge in [0.15, 0.2) is 6.61 Å². The van der Waals surface area contributed by atoms with Gasteiger partial charge < -0.3 is 15.4 Å². The molecule has 1 heterocycles. The van der Waals surface area contributed by atoms with Crippen molar-refractivity contribution in [2.24, 2.45) is 0 Å². The molecule has 27 heavy (non-hydrogen) atoms. The molecule has 0 aromatic heterocycles. The number of imide groups is 1. The topological polar surface area (TPSA) is 122 Å². The van der Waals surface area contributed by atoms with Crippen LogP contribution in [-0.2, 0) is 19.1 Å². The second-order valence-electron chi connectivity index (χ2n) is 5.90. The van der Waals surface area contributed by atoms with Crippen LogP contribution in [-0.4, -0.2) is 60.2 Å². The Kier molecular flexibility index (Phi) is 6.64. The van der Waals surface area contributed by atoms with Crippen LogP contribution in [0.2, 0.25) is 0 Å². The molecule has 1 aromatic rings. The van der Waals surface area contributed by atoms with Crippen molar-refractivity contribution < 1.29 is 28.7 Å². The number of hydrogen-bond acceptors (Lipinski definition) is 6. The minimum Gasteiger partial charge on any atom is -0.456 e. The molecule has 1 aliphatic heterocycles. The van der Waals surface area contributed by atoms with Crippen LogP contribution in [0.1, 0.15) is 41.0 Å². The van der Waals surface area contributed by atoms with E-state index in [2.05, 4.69) is 10.6 Å². The predicted octanol–water partition coefficient (Wildman–Crippen LogP) is -0.143. The standard InChI is InChI=1S/C18H21N3O6/c1-3-19-16(24)11(2)20-14(22)10-27-15(23)8-9-21-17(25)12-6-4-5-7-13(12)18(21)26/h4-7,11H,3,8-10H2,1-2H3,(H,19,24)(H,20,22)/t11-/m1/s1. The molecule has 4 amide bonds. The first-order valence-electron chi connectivity index (χ1n) is 8.53. The van der Waals surface area contributed by atoms with Crippen molar-refractivity contribution in [1.29, 1.82) is 0 Å². The lowest BCUT2D eigenvalue weighted by Gasteiger charge is -2.14. The van der Waals surface area contributed by atoms with E-state index in [4.69, 9.17) is 4.74 Å². The lowest BCUT2D eigenvalue weighted by molar-refractivity contribution is -0.149. The number of benzene rings is 1. The lowest BCUT2D eigenvalue weighted by atomic mass is 10.1. The third-order valence-electron chi connectivity index (χ3n) is 3.90. The van der Waals surface area contributed by atoms with Crippen LogP contribution >= 0.6 is 0 Å². The second-order valence-corrected chi connectivity index (χ2v) is 5.90. The molecule has 2 rings (SSSR count). The van der Waals surface area contributed by atoms with E-state index in [1.807, 2.05) is 0 Å². The average Bonchev–Trinajstić information content (AvgIpc) is 2.89. The number of esters is 1. The normalized spacial score (nSPS) is 13.8. The van der Waals surface area contributed by atoms with E-state index in [-0.39, 0.29) is 18.9 Å². The quantitative estimate of drug-likeness (QED) is 0.482. The van der Waals surface area contributed by atoms with Crippen LogP contribution in [0.15, 0.2) is 24.3 Å². The molecule has 0 bridgehead atoms. The van der Waals surface area contributed by atoms with Crippen molar-refractivity contribution in [2.75, 3.05) is 19.7 Å². The summed E-state index contributed by atoms with van der Waals surface area (Å²) < 4.78 is 4.82. The largest absolute Gasteiger partial charge is 0.456 e. The van der Waals surface area contributed by atoms with Gasteiger partial charge in [0.1, 0.15) is 6.04 Å². The molecule has 9 nitrogen and oxygen atoms in total. The van der Waals surface area contributed by atoms with Gasteiger partial charge in [-0.1, -0.05) is 12.1 Å². The van der Waals surface area contributed by atoms with Gasteiger partial charge >= 0.3 is 5.97 Å². The summed E-state index contributed by atoms with van der Waals surface area (Å²) in [5, 5.41) is 4.95. The van der Waals surface area contributed by atoms with Gasteiger partial charge in [-0.05, 0) is 26.0 Å². The monoisotopic (exact) mass is 375 g/mol. The SMILES string of the molecule is CCNC(=O)[C@@H](C)NC(=O)COC(=O)CCN1C(=O)c2ccccc2C1=O. The maximum atomic E-state index is 12.2. The molecular weight excluding hydrogens is 354 g/mol. The van der Waals surface area contributed by atoms with Crippen molar-refractivity contribution in [2.45, 2.75) is 26.3 Å². The zero-order chi connectivity index (χ0) is 20.0. The van der Waals surface area contributed by atoms with Crippen LogP contribution in [0.4, 0.5) is 0 Å². The van der Waals surface area contributed by atoms with E-state index in [9.17, 15) is 24.0 Å². The van der Waals surface area contributed by atoms with E-state index < -0.39 is 36.3 Å². The summed E-state index contributed by atoms with van der Waals surface area (Å²) in [7, 11) is 0. The minimum absolute atomic E-state index is 0.137. The van der Waals surface area contributed by atoms with Gasteiger partial charge in [-0.3, -0.25) is 28.9 Å². The summed E-state index contributed by atoms with van der Waals surface area (Å²) in [6.45, 7) is 3.01. The Morgan fingerprint density at radius 3 is 2.26 bits per heavy atom. The molecule has 0 spiro atoms. The molecule has 1 atom stereocenters. The van der Waals surface area contributed by atoms with E-state index in [0.717, 1.165) is 4.90 Å². The van der Waals surface area contributed by atoms with Crippen LogP contribution in [0.25, 0.3) is 0 Å². The first kappa shape index (κ1) is 20.1. The Morgan fingerprint density at radius 1 is 1.11 bits per heavy atom. The summed E-state index contributed by atoms with van der Waals surface area (Å²) >= 11 is 0. The van der Waals surface area contributed by atoms with Gasteiger partial charge in [0.2, 0.25) is 5.91 Å².